The molecule has 1 fully saturated rings. The Morgan fingerprint density at radius 3 is 2.73 bits per heavy atom. The molecule has 0 unspecified atom stereocenters. The number of aryl methyl sites for hydroxylation is 1. The van der Waals surface area contributed by atoms with Gasteiger partial charge in [-0.15, -0.1) is 0 Å². The first kappa shape index (κ1) is 17.1. The predicted octanol–water partition coefficient (Wildman–Crippen LogP) is 5.07. The molecule has 134 valence electrons. The Balaban J connectivity index is 1.56. The van der Waals surface area contributed by atoms with Gasteiger partial charge in [0, 0.05) is 11.6 Å². The lowest BCUT2D eigenvalue weighted by atomic mass is 10.1. The second-order valence-corrected chi connectivity index (χ2v) is 7.16. The topological polar surface area (TPSA) is 46.2 Å². The van der Waals surface area contributed by atoms with Crippen molar-refractivity contribution in [2.45, 2.75) is 25.9 Å². The maximum Gasteiger partial charge on any atom is 0.130 e. The largest absolute Gasteiger partial charge is 0.490 e. The molecule has 2 N–H and O–H groups in total. The normalized spacial score (nSPS) is 15.2. The number of anilines is 2. The molecular formula is C21H22ClN3O. The first-order chi connectivity index (χ1) is 12.7. The number of hydrogen-bond acceptors (Lipinski definition) is 4. The third-order valence-corrected chi connectivity index (χ3v) is 4.98. The standard InChI is InChI=1S/C21H22ClN3O/c1-14-2-5-20(19(22)10-14)25-21-12-16-11-18(4-3-15(16)13-24-21)26-17-6-8-23-9-7-17/h2-5,10-13,17,23H,6-9H2,1H3,(H,24,25). The van der Waals surface area contributed by atoms with Crippen LogP contribution in [-0.4, -0.2) is 24.2 Å². The summed E-state index contributed by atoms with van der Waals surface area (Å²) in [5, 5.41) is 9.53. The van der Waals surface area contributed by atoms with Crippen LogP contribution in [0, 0.1) is 6.92 Å². The highest BCUT2D eigenvalue weighted by atomic mass is 35.5. The SMILES string of the molecule is Cc1ccc(Nc2cc3cc(OC4CCNCC4)ccc3cn2)c(Cl)c1. The van der Waals surface area contributed by atoms with Gasteiger partial charge in [-0.2, -0.15) is 0 Å². The van der Waals surface area contributed by atoms with Gasteiger partial charge < -0.3 is 15.4 Å². The number of halogens is 1. The van der Waals surface area contributed by atoms with E-state index in [1.54, 1.807) is 0 Å². The Morgan fingerprint density at radius 1 is 1.08 bits per heavy atom. The highest BCUT2D eigenvalue weighted by Crippen LogP contribution is 2.28. The number of fused-ring (bicyclic) bond motifs is 1. The van der Waals surface area contributed by atoms with Gasteiger partial charge >= 0.3 is 0 Å². The molecule has 4 rings (SSSR count). The first-order valence-electron chi connectivity index (χ1n) is 8.98. The Morgan fingerprint density at radius 2 is 1.92 bits per heavy atom. The molecular weight excluding hydrogens is 346 g/mol. The summed E-state index contributed by atoms with van der Waals surface area (Å²) < 4.78 is 6.15. The van der Waals surface area contributed by atoms with Crippen LogP contribution in [0.4, 0.5) is 11.5 Å². The van der Waals surface area contributed by atoms with Gasteiger partial charge in [0.2, 0.25) is 0 Å². The minimum atomic E-state index is 0.291. The van der Waals surface area contributed by atoms with Crippen molar-refractivity contribution in [1.82, 2.24) is 10.3 Å². The van der Waals surface area contributed by atoms with Crippen LogP contribution < -0.4 is 15.4 Å². The molecule has 26 heavy (non-hydrogen) atoms. The van der Waals surface area contributed by atoms with Gasteiger partial charge in [-0.3, -0.25) is 0 Å². The zero-order valence-corrected chi connectivity index (χ0v) is 15.5. The van der Waals surface area contributed by atoms with Crippen LogP contribution >= 0.6 is 11.6 Å². The Hall–Kier alpha value is -2.30. The fraction of sp³-hybridized carbons (Fsp3) is 0.286. The summed E-state index contributed by atoms with van der Waals surface area (Å²) in [5.74, 6) is 1.68. The minimum absolute atomic E-state index is 0.291. The highest BCUT2D eigenvalue weighted by molar-refractivity contribution is 6.33. The molecule has 2 aromatic carbocycles. The van der Waals surface area contributed by atoms with Gasteiger partial charge in [0.25, 0.3) is 0 Å². The average molecular weight is 368 g/mol. The third-order valence-electron chi connectivity index (χ3n) is 4.67. The summed E-state index contributed by atoms with van der Waals surface area (Å²) in [7, 11) is 0. The van der Waals surface area contributed by atoms with Gasteiger partial charge in [-0.25, -0.2) is 4.98 Å². The summed E-state index contributed by atoms with van der Waals surface area (Å²) in [6, 6.07) is 14.1. The molecule has 0 amide bonds. The van der Waals surface area contributed by atoms with Crippen LogP contribution in [0.3, 0.4) is 0 Å². The van der Waals surface area contributed by atoms with Crippen LogP contribution in [0.25, 0.3) is 10.8 Å². The number of pyridine rings is 1. The first-order valence-corrected chi connectivity index (χ1v) is 9.35. The number of piperidine rings is 1. The summed E-state index contributed by atoms with van der Waals surface area (Å²) in [6.07, 6.45) is 4.26. The zero-order chi connectivity index (χ0) is 17.9. The molecule has 0 bridgehead atoms. The molecule has 5 heteroatoms. The van der Waals surface area contributed by atoms with E-state index in [0.29, 0.717) is 11.1 Å². The van der Waals surface area contributed by atoms with Crippen molar-refractivity contribution >= 4 is 33.9 Å². The van der Waals surface area contributed by atoms with Crippen LogP contribution in [0.15, 0.2) is 48.7 Å². The molecule has 1 aliphatic rings. The Labute approximate surface area is 158 Å². The Bertz CT molecular complexity index is 922. The fourth-order valence-electron chi connectivity index (χ4n) is 3.23. The average Bonchev–Trinajstić information content (AvgIpc) is 2.65. The van der Waals surface area contributed by atoms with Gasteiger partial charge in [-0.1, -0.05) is 17.7 Å². The van der Waals surface area contributed by atoms with Crippen molar-refractivity contribution in [2.75, 3.05) is 18.4 Å². The van der Waals surface area contributed by atoms with Crippen LogP contribution in [0.2, 0.25) is 5.02 Å². The van der Waals surface area contributed by atoms with Crippen molar-refractivity contribution in [3.63, 3.8) is 0 Å². The van der Waals surface area contributed by atoms with Crippen molar-refractivity contribution in [1.29, 1.82) is 0 Å². The van der Waals surface area contributed by atoms with E-state index in [-0.39, 0.29) is 0 Å². The number of aromatic nitrogens is 1. The second-order valence-electron chi connectivity index (χ2n) is 6.75. The molecule has 1 aromatic heterocycles. The van der Waals surface area contributed by atoms with Crippen LogP contribution in [0.1, 0.15) is 18.4 Å². The van der Waals surface area contributed by atoms with Gasteiger partial charge in [0.05, 0.1) is 10.7 Å². The summed E-state index contributed by atoms with van der Waals surface area (Å²) in [5.41, 5.74) is 1.98. The lowest BCUT2D eigenvalue weighted by Gasteiger charge is -2.24. The smallest absolute Gasteiger partial charge is 0.130 e. The van der Waals surface area contributed by atoms with E-state index in [1.165, 1.54) is 0 Å². The van der Waals surface area contributed by atoms with Crippen LogP contribution in [-0.2, 0) is 0 Å². The highest BCUT2D eigenvalue weighted by Gasteiger charge is 2.14. The number of ether oxygens (including phenoxy) is 1. The molecule has 4 nitrogen and oxygen atoms in total. The van der Waals surface area contributed by atoms with Gasteiger partial charge in [-0.05, 0) is 80.2 Å². The predicted molar refractivity (Wildman–Crippen MR) is 108 cm³/mol. The summed E-state index contributed by atoms with van der Waals surface area (Å²) >= 11 is 6.32. The quantitative estimate of drug-likeness (QED) is 0.675. The summed E-state index contributed by atoms with van der Waals surface area (Å²) in [4.78, 5) is 4.49. The van der Waals surface area contributed by atoms with Crippen molar-refractivity contribution < 1.29 is 4.74 Å². The molecule has 0 atom stereocenters. The molecule has 0 spiro atoms. The maximum atomic E-state index is 6.32. The van der Waals surface area contributed by atoms with E-state index >= 15 is 0 Å². The molecule has 2 heterocycles. The third kappa shape index (κ3) is 3.92. The number of nitrogens with one attached hydrogen (secondary N) is 2. The van der Waals surface area contributed by atoms with E-state index in [2.05, 4.69) is 27.8 Å². The summed E-state index contributed by atoms with van der Waals surface area (Å²) in [6.45, 7) is 4.06. The minimum Gasteiger partial charge on any atom is -0.490 e. The molecule has 3 aromatic rings. The Kier molecular flexibility index (Phi) is 4.96. The monoisotopic (exact) mass is 367 g/mol. The van der Waals surface area contributed by atoms with E-state index in [0.717, 1.165) is 59.5 Å². The van der Waals surface area contributed by atoms with E-state index in [9.17, 15) is 0 Å². The molecule has 1 saturated heterocycles. The van der Waals surface area contributed by atoms with Crippen LogP contribution in [0.5, 0.6) is 5.75 Å². The number of hydrogen-bond donors (Lipinski definition) is 2. The lowest BCUT2D eigenvalue weighted by Crippen LogP contribution is -2.34. The number of nitrogens with zero attached hydrogens (tertiary/aromatic N) is 1. The van der Waals surface area contributed by atoms with Gasteiger partial charge in [0.15, 0.2) is 0 Å². The van der Waals surface area contributed by atoms with Crippen molar-refractivity contribution in [2.24, 2.45) is 0 Å². The maximum absolute atomic E-state index is 6.32. The van der Waals surface area contributed by atoms with Crippen molar-refractivity contribution in [3.05, 3.63) is 59.2 Å². The molecule has 0 aliphatic carbocycles. The molecule has 0 saturated carbocycles. The van der Waals surface area contributed by atoms with E-state index in [4.69, 9.17) is 16.3 Å². The van der Waals surface area contributed by atoms with Crippen molar-refractivity contribution in [3.8, 4) is 5.75 Å². The molecule has 1 aliphatic heterocycles. The molecule has 0 radical (unpaired) electrons. The zero-order valence-electron chi connectivity index (χ0n) is 14.8. The van der Waals surface area contributed by atoms with E-state index < -0.39 is 0 Å². The second kappa shape index (κ2) is 7.52. The van der Waals surface area contributed by atoms with Gasteiger partial charge in [0.1, 0.15) is 17.7 Å². The lowest BCUT2D eigenvalue weighted by molar-refractivity contribution is 0.162. The van der Waals surface area contributed by atoms with E-state index in [1.807, 2.05) is 43.5 Å². The fourth-order valence-corrected chi connectivity index (χ4v) is 3.51. The number of benzene rings is 2. The number of rotatable bonds is 4.